The molecule has 2 aromatic rings. The molecule has 1 aliphatic rings. The Morgan fingerprint density at radius 3 is 2.06 bits per heavy atom. The van der Waals surface area contributed by atoms with Crippen LogP contribution in [0.5, 0.6) is 11.5 Å². The Morgan fingerprint density at radius 2 is 1.47 bits per heavy atom. The molecule has 1 aromatic carbocycles. The van der Waals surface area contributed by atoms with Crippen LogP contribution in [0.15, 0.2) is 24.4 Å². The molecule has 0 amide bonds. The first-order chi connectivity index (χ1) is 15.8. The van der Waals surface area contributed by atoms with Gasteiger partial charge in [0.2, 0.25) is 0 Å². The molecule has 32 heavy (non-hydrogen) atoms. The number of hydrogen-bond donors (Lipinski definition) is 0. The summed E-state index contributed by atoms with van der Waals surface area (Å²) in [6, 6.07) is 7.73. The molecule has 0 atom stereocenters. The van der Waals surface area contributed by atoms with Gasteiger partial charge in [-0.25, -0.2) is 9.97 Å². The molecule has 0 aliphatic carbocycles. The maximum atomic E-state index is 9.60. The molecule has 0 spiro atoms. The van der Waals surface area contributed by atoms with Crippen LogP contribution in [0.1, 0.15) is 19.5 Å². The molecule has 9 nitrogen and oxygen atoms in total. The molecule has 1 aliphatic heterocycles. The predicted octanol–water partition coefficient (Wildman–Crippen LogP) is 2.68. The van der Waals surface area contributed by atoms with Gasteiger partial charge in [-0.3, -0.25) is 0 Å². The van der Waals surface area contributed by atoms with E-state index in [1.807, 2.05) is 36.9 Å². The molecule has 0 fully saturated rings. The van der Waals surface area contributed by atoms with E-state index in [0.29, 0.717) is 81.6 Å². The van der Waals surface area contributed by atoms with Crippen molar-refractivity contribution in [3.8, 4) is 28.8 Å². The van der Waals surface area contributed by atoms with Crippen LogP contribution in [0.2, 0.25) is 0 Å². The van der Waals surface area contributed by atoms with E-state index in [1.54, 1.807) is 6.20 Å². The summed E-state index contributed by atoms with van der Waals surface area (Å²) in [4.78, 5) is 11.1. The molecule has 0 saturated heterocycles. The standard InChI is InChI=1S/C23H30N4O5/c1-3-27(4-2)23-19(16-24)26-20(17-25-23)18-5-6-21-22(15-18)32-14-12-30-10-8-28-7-9-29-11-13-31-21/h5-6,15,17H,3-4,7-14H2,1-2H3. The van der Waals surface area contributed by atoms with Gasteiger partial charge in [0.15, 0.2) is 23.0 Å². The third-order valence-electron chi connectivity index (χ3n) is 4.88. The molecule has 3 rings (SSSR count). The number of nitriles is 1. The average molecular weight is 443 g/mol. The molecule has 1 aromatic heterocycles. The smallest absolute Gasteiger partial charge is 0.183 e. The van der Waals surface area contributed by atoms with Gasteiger partial charge in [0.25, 0.3) is 0 Å². The fraction of sp³-hybridized carbons (Fsp3) is 0.522. The number of benzene rings is 1. The highest BCUT2D eigenvalue weighted by Gasteiger charge is 2.15. The van der Waals surface area contributed by atoms with Crippen LogP contribution in [0.25, 0.3) is 11.3 Å². The van der Waals surface area contributed by atoms with E-state index in [9.17, 15) is 5.26 Å². The minimum absolute atomic E-state index is 0.298. The number of ether oxygens (including phenoxy) is 5. The Hall–Kier alpha value is -2.93. The van der Waals surface area contributed by atoms with Crippen LogP contribution in [-0.4, -0.2) is 75.9 Å². The summed E-state index contributed by atoms with van der Waals surface area (Å²) >= 11 is 0. The molecule has 0 bridgehead atoms. The lowest BCUT2D eigenvalue weighted by molar-refractivity contribution is 0.00708. The highest BCUT2D eigenvalue weighted by atomic mass is 16.6. The van der Waals surface area contributed by atoms with Crippen LogP contribution in [0, 0.1) is 11.3 Å². The van der Waals surface area contributed by atoms with E-state index in [1.165, 1.54) is 0 Å². The van der Waals surface area contributed by atoms with Crippen molar-refractivity contribution in [1.82, 2.24) is 9.97 Å². The molecule has 0 saturated carbocycles. The lowest BCUT2D eigenvalue weighted by Crippen LogP contribution is -2.24. The summed E-state index contributed by atoms with van der Waals surface area (Å²) in [6.45, 7) is 9.24. The number of aromatic nitrogens is 2. The van der Waals surface area contributed by atoms with E-state index in [4.69, 9.17) is 23.7 Å². The first-order valence-corrected chi connectivity index (χ1v) is 10.9. The van der Waals surface area contributed by atoms with Crippen molar-refractivity contribution in [2.24, 2.45) is 0 Å². The number of fused-ring (bicyclic) bond motifs is 1. The number of hydrogen-bond acceptors (Lipinski definition) is 9. The molecule has 172 valence electrons. The monoisotopic (exact) mass is 442 g/mol. The molecule has 2 heterocycles. The van der Waals surface area contributed by atoms with Gasteiger partial charge < -0.3 is 28.6 Å². The lowest BCUT2D eigenvalue weighted by Gasteiger charge is -2.20. The molecular weight excluding hydrogens is 412 g/mol. The van der Waals surface area contributed by atoms with Crippen LogP contribution in [0.3, 0.4) is 0 Å². The van der Waals surface area contributed by atoms with Crippen LogP contribution in [0.4, 0.5) is 5.82 Å². The van der Waals surface area contributed by atoms with E-state index in [-0.39, 0.29) is 0 Å². The van der Waals surface area contributed by atoms with Crippen molar-refractivity contribution in [2.45, 2.75) is 13.8 Å². The fourth-order valence-electron chi connectivity index (χ4n) is 3.21. The van der Waals surface area contributed by atoms with Gasteiger partial charge in [-0.05, 0) is 32.0 Å². The van der Waals surface area contributed by atoms with Crippen molar-refractivity contribution >= 4 is 5.82 Å². The minimum atomic E-state index is 0.298. The largest absolute Gasteiger partial charge is 0.487 e. The first kappa shape index (κ1) is 23.7. The zero-order valence-corrected chi connectivity index (χ0v) is 18.7. The second kappa shape index (κ2) is 12.8. The third kappa shape index (κ3) is 6.53. The SMILES string of the molecule is CCN(CC)c1ncc(-c2ccc3c(c2)OCCOCCOCCOCCO3)nc1C#N. The Morgan fingerprint density at radius 1 is 0.875 bits per heavy atom. The highest BCUT2D eigenvalue weighted by molar-refractivity contribution is 5.65. The Bertz CT molecular complexity index is 898. The fourth-order valence-corrected chi connectivity index (χ4v) is 3.21. The third-order valence-corrected chi connectivity index (χ3v) is 4.88. The normalized spacial score (nSPS) is 15.8. The maximum absolute atomic E-state index is 9.60. The number of anilines is 1. The number of nitrogens with zero attached hydrogens (tertiary/aromatic N) is 4. The quantitative estimate of drug-likeness (QED) is 0.707. The van der Waals surface area contributed by atoms with Gasteiger partial charge in [-0.15, -0.1) is 0 Å². The summed E-state index contributed by atoms with van der Waals surface area (Å²) in [5.41, 5.74) is 1.68. The zero-order chi connectivity index (χ0) is 22.6. The minimum Gasteiger partial charge on any atom is -0.487 e. The maximum Gasteiger partial charge on any atom is 0.183 e. The van der Waals surface area contributed by atoms with Crippen LogP contribution < -0.4 is 14.4 Å². The summed E-state index contributed by atoms with van der Waals surface area (Å²) in [5.74, 6) is 1.78. The second-order valence-electron chi connectivity index (χ2n) is 6.91. The molecule has 0 unspecified atom stereocenters. The van der Waals surface area contributed by atoms with Gasteiger partial charge in [0, 0.05) is 18.7 Å². The summed E-state index contributed by atoms with van der Waals surface area (Å²) in [5, 5.41) is 9.60. The Labute approximate surface area is 188 Å². The summed E-state index contributed by atoms with van der Waals surface area (Å²) in [6.07, 6.45) is 1.68. The molecule has 0 radical (unpaired) electrons. The van der Waals surface area contributed by atoms with Crippen molar-refractivity contribution in [3.05, 3.63) is 30.1 Å². The summed E-state index contributed by atoms with van der Waals surface area (Å²) in [7, 11) is 0. The van der Waals surface area contributed by atoms with E-state index >= 15 is 0 Å². The predicted molar refractivity (Wildman–Crippen MR) is 119 cm³/mol. The van der Waals surface area contributed by atoms with Crippen molar-refractivity contribution in [2.75, 3.05) is 70.8 Å². The van der Waals surface area contributed by atoms with Gasteiger partial charge in [0.05, 0.1) is 51.5 Å². The van der Waals surface area contributed by atoms with Crippen molar-refractivity contribution in [3.63, 3.8) is 0 Å². The first-order valence-electron chi connectivity index (χ1n) is 10.9. The van der Waals surface area contributed by atoms with Gasteiger partial charge in [0.1, 0.15) is 19.3 Å². The second-order valence-corrected chi connectivity index (χ2v) is 6.91. The molecule has 0 N–H and O–H groups in total. The summed E-state index contributed by atoms with van der Waals surface area (Å²) < 4.78 is 28.2. The van der Waals surface area contributed by atoms with E-state index in [2.05, 4.69) is 16.0 Å². The highest BCUT2D eigenvalue weighted by Crippen LogP contribution is 2.33. The van der Waals surface area contributed by atoms with E-state index in [0.717, 1.165) is 18.7 Å². The van der Waals surface area contributed by atoms with Gasteiger partial charge in [-0.1, -0.05) is 0 Å². The Kier molecular flexibility index (Phi) is 9.50. The lowest BCUT2D eigenvalue weighted by atomic mass is 10.1. The van der Waals surface area contributed by atoms with Gasteiger partial charge >= 0.3 is 0 Å². The van der Waals surface area contributed by atoms with Crippen LogP contribution in [-0.2, 0) is 14.2 Å². The number of rotatable bonds is 4. The van der Waals surface area contributed by atoms with Crippen molar-refractivity contribution in [1.29, 1.82) is 5.26 Å². The van der Waals surface area contributed by atoms with Crippen molar-refractivity contribution < 1.29 is 23.7 Å². The zero-order valence-electron chi connectivity index (χ0n) is 18.7. The van der Waals surface area contributed by atoms with E-state index < -0.39 is 0 Å². The Balaban J connectivity index is 1.82. The topological polar surface area (TPSA) is 99.0 Å². The molecule has 9 heteroatoms. The average Bonchev–Trinajstić information content (AvgIpc) is 2.84. The van der Waals surface area contributed by atoms with Gasteiger partial charge in [-0.2, -0.15) is 5.26 Å². The van der Waals surface area contributed by atoms with Crippen LogP contribution >= 0.6 is 0 Å². The molecular formula is C23H30N4O5.